The smallest absolute Gasteiger partial charge is 0.0731 e. The maximum absolute atomic E-state index is 2.46. The van der Waals surface area contributed by atoms with Gasteiger partial charge in [0.15, 0.2) is 0 Å². The van der Waals surface area contributed by atoms with Crippen LogP contribution in [0.1, 0.15) is 47.2 Å². The van der Waals surface area contributed by atoms with E-state index in [1.165, 1.54) is 100 Å². The summed E-state index contributed by atoms with van der Waals surface area (Å²) in [6.45, 7) is 4.74. The predicted octanol–water partition coefficient (Wildman–Crippen LogP) is 16.8. The minimum absolute atomic E-state index is 0.132. The Hall–Kier alpha value is -8.00. The monoisotopic (exact) mass is 827 g/mol. The second-order valence-electron chi connectivity index (χ2n) is 18.4. The number of benzene rings is 10. The summed E-state index contributed by atoms with van der Waals surface area (Å²) >= 11 is 0. The lowest BCUT2D eigenvalue weighted by atomic mass is 9.68. The highest BCUT2D eigenvalue weighted by atomic mass is 15.1. The first-order valence-electron chi connectivity index (χ1n) is 22.8. The molecule has 0 N–H and O–H groups in total. The molecule has 306 valence electrons. The molecule has 13 rings (SSSR count). The van der Waals surface area contributed by atoms with E-state index in [4.69, 9.17) is 0 Å². The summed E-state index contributed by atoms with van der Waals surface area (Å²) in [7, 11) is 0. The molecule has 0 atom stereocenters. The van der Waals surface area contributed by atoms with Gasteiger partial charge < -0.3 is 4.90 Å². The quantitative estimate of drug-likeness (QED) is 0.161. The van der Waals surface area contributed by atoms with Gasteiger partial charge in [0.1, 0.15) is 0 Å². The van der Waals surface area contributed by atoms with Crippen LogP contribution in [0.15, 0.2) is 237 Å². The molecule has 3 aliphatic rings. The second-order valence-corrected chi connectivity index (χ2v) is 18.4. The minimum atomic E-state index is -0.443. The van der Waals surface area contributed by atoms with Gasteiger partial charge in [0.2, 0.25) is 0 Å². The molecular weight excluding hydrogens is 783 g/mol. The normalized spacial score (nSPS) is 13.9. The number of fused-ring (bicyclic) bond motifs is 13. The zero-order chi connectivity index (χ0) is 43.3. The van der Waals surface area contributed by atoms with E-state index >= 15 is 0 Å². The van der Waals surface area contributed by atoms with Crippen molar-refractivity contribution in [1.82, 2.24) is 0 Å². The molecule has 1 heteroatoms. The number of anilines is 3. The third-order valence-corrected chi connectivity index (χ3v) is 14.7. The summed E-state index contributed by atoms with van der Waals surface area (Å²) in [5.41, 5.74) is 26.1. The molecule has 0 radical (unpaired) electrons. The van der Waals surface area contributed by atoms with Crippen molar-refractivity contribution in [2.45, 2.75) is 24.7 Å². The molecule has 0 unspecified atom stereocenters. The zero-order valence-corrected chi connectivity index (χ0v) is 36.5. The van der Waals surface area contributed by atoms with Crippen molar-refractivity contribution in [3.05, 3.63) is 270 Å². The van der Waals surface area contributed by atoms with Gasteiger partial charge in [-0.15, -0.1) is 0 Å². The van der Waals surface area contributed by atoms with Crippen molar-refractivity contribution in [3.63, 3.8) is 0 Å². The Morgan fingerprint density at radius 3 is 1.28 bits per heavy atom. The fourth-order valence-corrected chi connectivity index (χ4v) is 11.8. The molecule has 0 bridgehead atoms. The molecule has 0 aromatic heterocycles. The van der Waals surface area contributed by atoms with Gasteiger partial charge in [-0.1, -0.05) is 214 Å². The molecule has 0 saturated carbocycles. The van der Waals surface area contributed by atoms with E-state index in [1.54, 1.807) is 0 Å². The summed E-state index contributed by atoms with van der Waals surface area (Å²) in [6, 6.07) is 88.2. The Labute approximate surface area is 381 Å². The van der Waals surface area contributed by atoms with E-state index in [9.17, 15) is 0 Å². The predicted molar refractivity (Wildman–Crippen MR) is 271 cm³/mol. The maximum atomic E-state index is 2.46. The van der Waals surface area contributed by atoms with Crippen LogP contribution < -0.4 is 4.90 Å². The number of hydrogen-bond acceptors (Lipinski definition) is 1. The van der Waals surface area contributed by atoms with Crippen LogP contribution in [0.5, 0.6) is 0 Å². The van der Waals surface area contributed by atoms with E-state index in [1.807, 2.05) is 0 Å². The van der Waals surface area contributed by atoms with Crippen molar-refractivity contribution >= 4 is 17.1 Å². The molecule has 10 aromatic carbocycles. The maximum Gasteiger partial charge on any atom is 0.0731 e. The van der Waals surface area contributed by atoms with Crippen molar-refractivity contribution < 1.29 is 0 Å². The summed E-state index contributed by atoms with van der Waals surface area (Å²) < 4.78 is 0. The number of rotatable bonds is 6. The molecule has 1 nitrogen and oxygen atoms in total. The van der Waals surface area contributed by atoms with E-state index in [0.717, 1.165) is 17.1 Å². The molecular formula is C64H45N. The van der Waals surface area contributed by atoms with Crippen molar-refractivity contribution in [2.75, 3.05) is 4.90 Å². The third-order valence-electron chi connectivity index (χ3n) is 14.7. The van der Waals surface area contributed by atoms with E-state index in [0.29, 0.717) is 0 Å². The Balaban J connectivity index is 0.977. The summed E-state index contributed by atoms with van der Waals surface area (Å²) in [6.07, 6.45) is 0. The van der Waals surface area contributed by atoms with E-state index in [2.05, 4.69) is 255 Å². The fourth-order valence-electron chi connectivity index (χ4n) is 11.8. The van der Waals surface area contributed by atoms with E-state index < -0.39 is 5.41 Å². The zero-order valence-electron chi connectivity index (χ0n) is 36.5. The van der Waals surface area contributed by atoms with Gasteiger partial charge in [-0.05, 0) is 137 Å². The van der Waals surface area contributed by atoms with Crippen molar-refractivity contribution in [2.24, 2.45) is 0 Å². The topological polar surface area (TPSA) is 3.24 Å². The molecule has 65 heavy (non-hydrogen) atoms. The first-order valence-corrected chi connectivity index (χ1v) is 22.8. The molecule has 0 heterocycles. The lowest BCUT2D eigenvalue weighted by Gasteiger charge is -2.32. The van der Waals surface area contributed by atoms with Gasteiger partial charge in [-0.2, -0.15) is 0 Å². The van der Waals surface area contributed by atoms with Crippen LogP contribution in [-0.2, 0) is 10.8 Å². The highest BCUT2D eigenvalue weighted by Crippen LogP contribution is 2.64. The Kier molecular flexibility index (Phi) is 8.24. The average Bonchev–Trinajstić information content (AvgIpc) is 3.93. The van der Waals surface area contributed by atoms with Crippen LogP contribution in [0.3, 0.4) is 0 Å². The molecule has 0 aliphatic heterocycles. The van der Waals surface area contributed by atoms with Crippen LogP contribution in [0.4, 0.5) is 17.1 Å². The van der Waals surface area contributed by atoms with Crippen LogP contribution in [0.25, 0.3) is 66.8 Å². The second kappa shape index (κ2) is 14.3. The highest BCUT2D eigenvalue weighted by Gasteiger charge is 2.52. The van der Waals surface area contributed by atoms with Crippen LogP contribution in [0, 0.1) is 0 Å². The lowest BCUT2D eigenvalue weighted by Crippen LogP contribution is -2.26. The Morgan fingerprint density at radius 2 is 0.662 bits per heavy atom. The van der Waals surface area contributed by atoms with Gasteiger partial charge in [0.05, 0.1) is 5.41 Å². The van der Waals surface area contributed by atoms with Gasteiger partial charge in [-0.3, -0.25) is 0 Å². The van der Waals surface area contributed by atoms with E-state index in [-0.39, 0.29) is 5.41 Å². The highest BCUT2D eigenvalue weighted by molar-refractivity contribution is 5.99. The summed E-state index contributed by atoms with van der Waals surface area (Å²) in [4.78, 5) is 2.46. The number of nitrogens with zero attached hydrogens (tertiary/aromatic N) is 1. The standard InChI is InChI=1S/C64H45N/c1-63(2)57-26-10-6-20-51(57)55-39-38-49(41-61(55)63)65(47-36-34-45(35-37-47)44-32-30-43(31-33-44)42-16-4-3-5-17-42)48-19-14-18-46(40-48)50-24-15-25-56-54-23-9-13-29-60(54)64(62(50)56)58-27-11-7-21-52(58)53-22-8-12-28-59(53)64/h3-41H,1-2H3. The summed E-state index contributed by atoms with van der Waals surface area (Å²) in [5, 5.41) is 0. The van der Waals surface area contributed by atoms with Gasteiger partial charge in [-0.25, -0.2) is 0 Å². The molecule has 10 aromatic rings. The first kappa shape index (κ1) is 37.5. The van der Waals surface area contributed by atoms with Gasteiger partial charge in [0, 0.05) is 22.5 Å². The average molecular weight is 828 g/mol. The third kappa shape index (κ3) is 5.46. The fraction of sp³-hybridized carbons (Fsp3) is 0.0625. The largest absolute Gasteiger partial charge is 0.310 e. The lowest BCUT2D eigenvalue weighted by molar-refractivity contribution is 0.660. The van der Waals surface area contributed by atoms with Crippen LogP contribution in [0.2, 0.25) is 0 Å². The molecule has 1 spiro atoms. The molecule has 0 amide bonds. The molecule has 0 fully saturated rings. The van der Waals surface area contributed by atoms with Crippen molar-refractivity contribution in [1.29, 1.82) is 0 Å². The Bertz CT molecular complexity index is 3440. The molecule has 3 aliphatic carbocycles. The summed E-state index contributed by atoms with van der Waals surface area (Å²) in [5.74, 6) is 0. The Morgan fingerprint density at radius 1 is 0.262 bits per heavy atom. The van der Waals surface area contributed by atoms with Gasteiger partial charge >= 0.3 is 0 Å². The van der Waals surface area contributed by atoms with Gasteiger partial charge in [0.25, 0.3) is 0 Å². The SMILES string of the molecule is CC1(C)c2ccccc2-c2ccc(N(c3ccc(-c4ccc(-c5ccccc5)cc4)cc3)c3cccc(-c4cccc5c4C4(c6ccccc6-c6ccccc64)c4ccccc4-5)c3)cc21. The molecule has 0 saturated heterocycles. The minimum Gasteiger partial charge on any atom is -0.310 e. The number of hydrogen-bond donors (Lipinski definition) is 0. The van der Waals surface area contributed by atoms with Crippen molar-refractivity contribution in [3.8, 4) is 66.8 Å². The first-order chi connectivity index (χ1) is 32.0. The van der Waals surface area contributed by atoms with Crippen LogP contribution in [-0.4, -0.2) is 0 Å². The van der Waals surface area contributed by atoms with Crippen LogP contribution >= 0.6 is 0 Å².